The van der Waals surface area contributed by atoms with Crippen LogP contribution in [0, 0.1) is 0 Å². The molecule has 2 heterocycles. The quantitative estimate of drug-likeness (QED) is 0.587. The smallest absolute Gasteiger partial charge is 0.321 e. The summed E-state index contributed by atoms with van der Waals surface area (Å²) in [5.41, 5.74) is 3.09. The molecule has 0 unspecified atom stereocenters. The van der Waals surface area contributed by atoms with Gasteiger partial charge in [-0.2, -0.15) is 5.10 Å². The van der Waals surface area contributed by atoms with Crippen LogP contribution in [0.5, 0.6) is 0 Å². The first-order chi connectivity index (χ1) is 10.2. The molecule has 4 N–H and O–H groups in total. The van der Waals surface area contributed by atoms with Crippen LogP contribution in [0.4, 0.5) is 5.69 Å². The highest BCUT2D eigenvalue weighted by molar-refractivity contribution is 6.03. The largest absolute Gasteiger partial charge is 0.323 e. The van der Waals surface area contributed by atoms with Crippen LogP contribution in [0.1, 0.15) is 34.9 Å². The number of fused-ring (bicyclic) bond motifs is 1. The van der Waals surface area contributed by atoms with Crippen molar-refractivity contribution in [1.82, 2.24) is 20.2 Å². The van der Waals surface area contributed by atoms with Gasteiger partial charge in [-0.3, -0.25) is 9.89 Å². The molecule has 1 aliphatic rings. The zero-order valence-electron chi connectivity index (χ0n) is 11.1. The van der Waals surface area contributed by atoms with E-state index >= 15 is 0 Å². The number of carbonyl (C=O) groups excluding carboxylic acids is 1. The number of aromatic amines is 3. The molecule has 1 amide bonds. The van der Waals surface area contributed by atoms with E-state index < -0.39 is 0 Å². The number of imidazole rings is 1. The fraction of sp³-hybridized carbons (Fsp3) is 0.214. The first kappa shape index (κ1) is 12.0. The molecule has 1 aliphatic carbocycles. The SMILES string of the molecule is O=C(Nc1ccc2[nH]c(=O)[nH]c2c1)c1cc(C2CC2)[nH]n1. The lowest BCUT2D eigenvalue weighted by Crippen LogP contribution is -2.12. The van der Waals surface area contributed by atoms with Gasteiger partial charge in [0.1, 0.15) is 0 Å². The Labute approximate surface area is 118 Å². The second kappa shape index (κ2) is 4.34. The first-order valence-electron chi connectivity index (χ1n) is 6.78. The molecule has 0 radical (unpaired) electrons. The number of carbonyl (C=O) groups is 1. The van der Waals surface area contributed by atoms with Gasteiger partial charge >= 0.3 is 5.69 Å². The number of anilines is 1. The predicted molar refractivity (Wildman–Crippen MR) is 77.4 cm³/mol. The highest BCUT2D eigenvalue weighted by Crippen LogP contribution is 2.39. The molecule has 1 aromatic carbocycles. The van der Waals surface area contributed by atoms with Gasteiger partial charge < -0.3 is 15.3 Å². The number of hydrogen-bond donors (Lipinski definition) is 4. The summed E-state index contributed by atoms with van der Waals surface area (Å²) < 4.78 is 0. The van der Waals surface area contributed by atoms with E-state index in [-0.39, 0.29) is 11.6 Å². The fourth-order valence-corrected chi connectivity index (χ4v) is 2.36. The predicted octanol–water partition coefficient (Wildman–Crippen LogP) is 1.71. The normalized spacial score (nSPS) is 14.5. The number of benzene rings is 1. The number of aromatic nitrogens is 4. The topological polar surface area (TPSA) is 106 Å². The molecule has 0 saturated heterocycles. The van der Waals surface area contributed by atoms with Crippen molar-refractivity contribution in [3.05, 3.63) is 46.1 Å². The molecule has 0 bridgehead atoms. The van der Waals surface area contributed by atoms with Crippen molar-refractivity contribution in [2.24, 2.45) is 0 Å². The molecule has 21 heavy (non-hydrogen) atoms. The molecule has 7 nitrogen and oxygen atoms in total. The summed E-state index contributed by atoms with van der Waals surface area (Å²) in [4.78, 5) is 28.6. The molecule has 3 aromatic rings. The fourth-order valence-electron chi connectivity index (χ4n) is 2.36. The second-order valence-electron chi connectivity index (χ2n) is 5.28. The van der Waals surface area contributed by atoms with Crippen molar-refractivity contribution in [2.75, 3.05) is 5.32 Å². The third-order valence-corrected chi connectivity index (χ3v) is 3.62. The van der Waals surface area contributed by atoms with E-state index in [9.17, 15) is 9.59 Å². The summed E-state index contributed by atoms with van der Waals surface area (Å²) in [7, 11) is 0. The van der Waals surface area contributed by atoms with Gasteiger partial charge in [0, 0.05) is 17.3 Å². The van der Waals surface area contributed by atoms with Gasteiger partial charge in [-0.15, -0.1) is 0 Å². The Balaban J connectivity index is 1.57. The lowest BCUT2D eigenvalue weighted by Gasteiger charge is -2.02. The number of H-pyrrole nitrogens is 3. The molecule has 106 valence electrons. The van der Waals surface area contributed by atoms with E-state index in [1.165, 1.54) is 0 Å². The zero-order valence-corrected chi connectivity index (χ0v) is 11.1. The van der Waals surface area contributed by atoms with Crippen LogP contribution in [0.15, 0.2) is 29.1 Å². The summed E-state index contributed by atoms with van der Waals surface area (Å²) >= 11 is 0. The average molecular weight is 283 g/mol. The Morgan fingerprint density at radius 1 is 1.19 bits per heavy atom. The number of rotatable bonds is 3. The summed E-state index contributed by atoms with van der Waals surface area (Å²) in [5, 5.41) is 9.72. The van der Waals surface area contributed by atoms with E-state index in [1.807, 2.05) is 0 Å². The monoisotopic (exact) mass is 283 g/mol. The Morgan fingerprint density at radius 2 is 2.00 bits per heavy atom. The van der Waals surface area contributed by atoms with Gasteiger partial charge in [-0.25, -0.2) is 4.79 Å². The van der Waals surface area contributed by atoms with Gasteiger partial charge in [0.05, 0.1) is 11.0 Å². The third-order valence-electron chi connectivity index (χ3n) is 3.62. The van der Waals surface area contributed by atoms with Crippen LogP contribution in [0.3, 0.4) is 0 Å². The molecular weight excluding hydrogens is 270 g/mol. The zero-order chi connectivity index (χ0) is 14.4. The Morgan fingerprint density at radius 3 is 2.81 bits per heavy atom. The number of nitrogens with one attached hydrogen (secondary N) is 4. The Bertz CT molecular complexity index is 884. The van der Waals surface area contributed by atoms with Crippen molar-refractivity contribution in [2.45, 2.75) is 18.8 Å². The average Bonchev–Trinajstić information content (AvgIpc) is 3.06. The molecular formula is C14H13N5O2. The molecule has 0 spiro atoms. The van der Waals surface area contributed by atoms with Gasteiger partial charge in [-0.05, 0) is 37.1 Å². The Kier molecular flexibility index (Phi) is 2.47. The number of amides is 1. The lowest BCUT2D eigenvalue weighted by atomic mass is 10.2. The third kappa shape index (κ3) is 2.22. The lowest BCUT2D eigenvalue weighted by molar-refractivity contribution is 0.102. The van der Waals surface area contributed by atoms with Crippen LogP contribution in [-0.2, 0) is 0 Å². The molecule has 1 saturated carbocycles. The van der Waals surface area contributed by atoms with E-state index in [4.69, 9.17) is 0 Å². The molecule has 7 heteroatoms. The van der Waals surface area contributed by atoms with Crippen molar-refractivity contribution in [3.63, 3.8) is 0 Å². The van der Waals surface area contributed by atoms with Crippen LogP contribution in [0.25, 0.3) is 11.0 Å². The minimum Gasteiger partial charge on any atom is -0.321 e. The highest BCUT2D eigenvalue weighted by atomic mass is 16.2. The van der Waals surface area contributed by atoms with Crippen molar-refractivity contribution in [3.8, 4) is 0 Å². The maximum atomic E-state index is 12.1. The number of hydrogen-bond acceptors (Lipinski definition) is 3. The van der Waals surface area contributed by atoms with E-state index in [2.05, 4.69) is 25.5 Å². The standard InChI is InChI=1S/C14H13N5O2/c20-13(12-6-10(18-19-12)7-1-2-7)15-8-3-4-9-11(5-8)17-14(21)16-9/h3-7H,1-2H2,(H,15,20)(H,18,19)(H2,16,17,21). The van der Waals surface area contributed by atoms with Crippen LogP contribution >= 0.6 is 0 Å². The Hall–Kier alpha value is -2.83. The van der Waals surface area contributed by atoms with Crippen molar-refractivity contribution < 1.29 is 4.79 Å². The van der Waals surface area contributed by atoms with E-state index in [0.29, 0.717) is 28.3 Å². The number of nitrogens with zero attached hydrogens (tertiary/aromatic N) is 1. The summed E-state index contributed by atoms with van der Waals surface area (Å²) in [5.74, 6) is 0.260. The van der Waals surface area contributed by atoms with E-state index in [1.54, 1.807) is 24.3 Å². The van der Waals surface area contributed by atoms with Crippen LogP contribution < -0.4 is 11.0 Å². The maximum absolute atomic E-state index is 12.1. The van der Waals surface area contributed by atoms with Crippen LogP contribution in [-0.4, -0.2) is 26.1 Å². The van der Waals surface area contributed by atoms with Gasteiger partial charge in [-0.1, -0.05) is 0 Å². The van der Waals surface area contributed by atoms with Gasteiger partial charge in [0.25, 0.3) is 5.91 Å². The molecule has 4 rings (SSSR count). The minimum absolute atomic E-state index is 0.268. The molecule has 0 aliphatic heterocycles. The van der Waals surface area contributed by atoms with Crippen molar-refractivity contribution >= 4 is 22.6 Å². The minimum atomic E-state index is -0.269. The summed E-state index contributed by atoms with van der Waals surface area (Å²) in [6.07, 6.45) is 2.31. The summed E-state index contributed by atoms with van der Waals surface area (Å²) in [6, 6.07) is 6.98. The first-order valence-corrected chi connectivity index (χ1v) is 6.78. The van der Waals surface area contributed by atoms with Gasteiger partial charge in [0.15, 0.2) is 5.69 Å². The highest BCUT2D eigenvalue weighted by Gasteiger charge is 2.26. The van der Waals surface area contributed by atoms with Crippen molar-refractivity contribution in [1.29, 1.82) is 0 Å². The maximum Gasteiger partial charge on any atom is 0.323 e. The summed E-state index contributed by atoms with van der Waals surface area (Å²) in [6.45, 7) is 0. The second-order valence-corrected chi connectivity index (χ2v) is 5.28. The molecule has 0 atom stereocenters. The molecule has 2 aromatic heterocycles. The van der Waals surface area contributed by atoms with Crippen LogP contribution in [0.2, 0.25) is 0 Å². The van der Waals surface area contributed by atoms with Gasteiger partial charge in [0.2, 0.25) is 0 Å². The van der Waals surface area contributed by atoms with E-state index in [0.717, 1.165) is 18.5 Å². The molecule has 1 fully saturated rings.